The fourth-order valence-corrected chi connectivity index (χ4v) is 1.52. The lowest BCUT2D eigenvalue weighted by molar-refractivity contribution is -0.179. The molecule has 0 fully saturated rings. The molecule has 0 saturated carbocycles. The predicted octanol–water partition coefficient (Wildman–Crippen LogP) is 2.20. The van der Waals surface area contributed by atoms with Crippen LogP contribution >= 0.6 is 11.3 Å². The number of aromatic nitrogens is 1. The van der Waals surface area contributed by atoms with Crippen LogP contribution in [-0.4, -0.2) is 28.4 Å². The molecule has 0 amide bonds. The maximum absolute atomic E-state index is 11.9. The van der Waals surface area contributed by atoms with E-state index >= 15 is 0 Å². The molecule has 1 aromatic rings. The highest BCUT2D eigenvalue weighted by atomic mass is 32.1. The lowest BCUT2D eigenvalue weighted by Crippen LogP contribution is -2.39. The van der Waals surface area contributed by atoms with E-state index < -0.39 is 17.2 Å². The van der Waals surface area contributed by atoms with Gasteiger partial charge in [0.2, 0.25) is 5.60 Å². The van der Waals surface area contributed by atoms with Crippen LogP contribution in [0.25, 0.3) is 0 Å². The van der Waals surface area contributed by atoms with Crippen LogP contribution < -0.4 is 5.73 Å². The van der Waals surface area contributed by atoms with Gasteiger partial charge in [-0.1, -0.05) is 5.16 Å². The minimum Gasteiger partial charge on any atom is -0.457 e. The number of esters is 1. The van der Waals surface area contributed by atoms with Gasteiger partial charge in [-0.25, -0.2) is 9.78 Å². The Kier molecular flexibility index (Phi) is 4.52. The fraction of sp³-hybridized carbons (Fsp3) is 0.583. The molecule has 0 bridgehead atoms. The van der Waals surface area contributed by atoms with E-state index in [0.29, 0.717) is 10.8 Å². The Balaban J connectivity index is 2.59. The van der Waals surface area contributed by atoms with Crippen molar-refractivity contribution in [2.45, 2.75) is 45.8 Å². The highest BCUT2D eigenvalue weighted by Crippen LogP contribution is 2.18. The summed E-state index contributed by atoms with van der Waals surface area (Å²) in [4.78, 5) is 21.0. The number of nitrogens with two attached hydrogens (primary N) is 1. The molecule has 0 unspecified atom stereocenters. The van der Waals surface area contributed by atoms with Crippen LogP contribution in [0.3, 0.4) is 0 Å². The van der Waals surface area contributed by atoms with Crippen LogP contribution in [0, 0.1) is 0 Å². The quantitative estimate of drug-likeness (QED) is 0.520. The summed E-state index contributed by atoms with van der Waals surface area (Å²) in [6, 6.07) is 0. The summed E-state index contributed by atoms with van der Waals surface area (Å²) in [5.41, 5.74) is 4.34. The van der Waals surface area contributed by atoms with E-state index in [4.69, 9.17) is 15.3 Å². The summed E-state index contributed by atoms with van der Waals surface area (Å²) in [6.45, 7) is 8.56. The molecule has 1 aromatic heterocycles. The molecule has 0 saturated heterocycles. The van der Waals surface area contributed by atoms with Gasteiger partial charge in [-0.2, -0.15) is 0 Å². The number of anilines is 1. The molecule has 0 aliphatic heterocycles. The minimum absolute atomic E-state index is 0.452. The first-order valence-corrected chi connectivity index (χ1v) is 6.64. The second-order valence-corrected chi connectivity index (χ2v) is 6.34. The van der Waals surface area contributed by atoms with Crippen LogP contribution in [0.1, 0.15) is 40.3 Å². The van der Waals surface area contributed by atoms with Gasteiger partial charge in [0.25, 0.3) is 0 Å². The van der Waals surface area contributed by atoms with E-state index in [-0.39, 0.29) is 0 Å². The largest absolute Gasteiger partial charge is 0.457 e. The molecule has 6 nitrogen and oxygen atoms in total. The summed E-state index contributed by atoms with van der Waals surface area (Å²) >= 11 is 1.30. The Bertz CT molecular complexity index is 475. The third-order valence-corrected chi connectivity index (χ3v) is 2.59. The summed E-state index contributed by atoms with van der Waals surface area (Å²) in [7, 11) is 0. The highest BCUT2D eigenvalue weighted by molar-refractivity contribution is 7.13. The third kappa shape index (κ3) is 5.25. The lowest BCUT2D eigenvalue weighted by Gasteiger charge is -2.26. The number of carbonyl (C=O) groups is 1. The van der Waals surface area contributed by atoms with Gasteiger partial charge in [0, 0.05) is 5.38 Å². The first-order valence-electron chi connectivity index (χ1n) is 5.76. The van der Waals surface area contributed by atoms with Gasteiger partial charge in [-0.3, -0.25) is 0 Å². The van der Waals surface area contributed by atoms with E-state index in [1.165, 1.54) is 17.6 Å². The highest BCUT2D eigenvalue weighted by Gasteiger charge is 2.35. The number of hydrogen-bond donors (Lipinski definition) is 1. The van der Waals surface area contributed by atoms with Gasteiger partial charge in [-0.15, -0.1) is 11.3 Å². The van der Waals surface area contributed by atoms with E-state index in [0.717, 1.165) is 0 Å². The van der Waals surface area contributed by atoms with Gasteiger partial charge in [-0.05, 0) is 34.6 Å². The van der Waals surface area contributed by atoms with Crippen LogP contribution in [0.4, 0.5) is 5.13 Å². The van der Waals surface area contributed by atoms with Gasteiger partial charge in [0.05, 0.1) is 11.9 Å². The zero-order chi connectivity index (χ0) is 14.7. The molecule has 1 rings (SSSR count). The van der Waals surface area contributed by atoms with Crippen molar-refractivity contribution in [3.63, 3.8) is 0 Å². The van der Waals surface area contributed by atoms with Crippen molar-refractivity contribution < 1.29 is 14.4 Å². The molecule has 0 aliphatic rings. The van der Waals surface area contributed by atoms with Crippen LogP contribution in [-0.2, 0) is 14.4 Å². The normalized spacial score (nSPS) is 12.7. The Morgan fingerprint density at radius 2 is 2.05 bits per heavy atom. The fourth-order valence-electron chi connectivity index (χ4n) is 1.01. The van der Waals surface area contributed by atoms with Gasteiger partial charge >= 0.3 is 5.97 Å². The molecule has 0 spiro atoms. The SMILES string of the molecule is CC(C)(C)OC(=O)C(C)(C)ON=Cc1csc(N)n1. The van der Waals surface area contributed by atoms with Crippen molar-refractivity contribution in [1.29, 1.82) is 0 Å². The van der Waals surface area contributed by atoms with Gasteiger partial charge < -0.3 is 15.3 Å². The van der Waals surface area contributed by atoms with E-state index in [9.17, 15) is 4.79 Å². The number of rotatable bonds is 4. The molecule has 1 heterocycles. The molecule has 2 N–H and O–H groups in total. The van der Waals surface area contributed by atoms with Crippen molar-refractivity contribution in [2.24, 2.45) is 5.16 Å². The molecule has 7 heteroatoms. The number of nitrogens with zero attached hydrogens (tertiary/aromatic N) is 2. The van der Waals surface area contributed by atoms with Gasteiger partial charge in [0.1, 0.15) is 5.60 Å². The summed E-state index contributed by atoms with van der Waals surface area (Å²) < 4.78 is 5.24. The Morgan fingerprint density at radius 1 is 1.42 bits per heavy atom. The zero-order valence-corrected chi connectivity index (χ0v) is 12.6. The minimum atomic E-state index is -1.16. The first-order chi connectivity index (χ1) is 8.60. The second-order valence-electron chi connectivity index (χ2n) is 5.45. The number of ether oxygens (including phenoxy) is 1. The average Bonchev–Trinajstić information content (AvgIpc) is 2.61. The molecular weight excluding hydrogens is 266 g/mol. The smallest absolute Gasteiger partial charge is 0.353 e. The maximum Gasteiger partial charge on any atom is 0.353 e. The van der Waals surface area contributed by atoms with Crippen molar-refractivity contribution >= 4 is 28.7 Å². The standard InChI is InChI=1S/C12H19N3O3S/c1-11(2,3)17-9(16)12(4,5)18-14-6-8-7-19-10(13)15-8/h6-7H,1-5H3,(H2,13,15). The monoisotopic (exact) mass is 285 g/mol. The maximum atomic E-state index is 11.9. The van der Waals surface area contributed by atoms with E-state index in [1.807, 2.05) is 0 Å². The van der Waals surface area contributed by atoms with Crippen LogP contribution in [0.2, 0.25) is 0 Å². The van der Waals surface area contributed by atoms with Crippen molar-refractivity contribution in [3.05, 3.63) is 11.1 Å². The lowest BCUT2D eigenvalue weighted by atomic mass is 10.1. The van der Waals surface area contributed by atoms with Crippen LogP contribution in [0.15, 0.2) is 10.5 Å². The third-order valence-electron chi connectivity index (χ3n) is 1.90. The predicted molar refractivity (Wildman–Crippen MR) is 75.1 cm³/mol. The number of nitrogen functional groups attached to an aromatic ring is 1. The topological polar surface area (TPSA) is 86.8 Å². The van der Waals surface area contributed by atoms with Crippen molar-refractivity contribution in [1.82, 2.24) is 4.98 Å². The second kappa shape index (κ2) is 5.56. The van der Waals surface area contributed by atoms with Gasteiger partial charge in [0.15, 0.2) is 5.13 Å². The number of oxime groups is 1. The molecule has 0 atom stereocenters. The molecule has 0 aliphatic carbocycles. The average molecular weight is 285 g/mol. The molecule has 0 radical (unpaired) electrons. The number of thiazole rings is 1. The summed E-state index contributed by atoms with van der Waals surface area (Å²) in [5.74, 6) is -0.477. The summed E-state index contributed by atoms with van der Waals surface area (Å²) in [6.07, 6.45) is 1.40. The molecule has 106 valence electrons. The number of hydrogen-bond acceptors (Lipinski definition) is 7. The molecule has 19 heavy (non-hydrogen) atoms. The van der Waals surface area contributed by atoms with Crippen molar-refractivity contribution in [3.8, 4) is 0 Å². The van der Waals surface area contributed by atoms with E-state index in [2.05, 4.69) is 10.1 Å². The van der Waals surface area contributed by atoms with Crippen molar-refractivity contribution in [2.75, 3.05) is 5.73 Å². The molecule has 0 aromatic carbocycles. The van der Waals surface area contributed by atoms with Crippen LogP contribution in [0.5, 0.6) is 0 Å². The molecular formula is C12H19N3O3S. The van der Waals surface area contributed by atoms with E-state index in [1.54, 1.807) is 40.0 Å². The first kappa shape index (κ1) is 15.4. The Morgan fingerprint density at radius 3 is 2.53 bits per heavy atom. The Labute approximate surface area is 116 Å². The number of carbonyl (C=O) groups excluding carboxylic acids is 1. The Hall–Kier alpha value is -1.63. The zero-order valence-electron chi connectivity index (χ0n) is 11.8. The summed E-state index contributed by atoms with van der Waals surface area (Å²) in [5, 5.41) is 5.93.